The Bertz CT molecular complexity index is 848. The van der Waals surface area contributed by atoms with Gasteiger partial charge in [0.1, 0.15) is 10.1 Å². The third-order valence-corrected chi connectivity index (χ3v) is 6.69. The molecule has 0 aromatic heterocycles. The zero-order chi connectivity index (χ0) is 19.8. The Morgan fingerprint density at radius 1 is 1.43 bits per heavy atom. The number of hydrazone groups is 1. The molecule has 0 bridgehead atoms. The van der Waals surface area contributed by atoms with E-state index in [4.69, 9.17) is 21.9 Å². The maximum absolute atomic E-state index is 5.51. The first-order valence-electron chi connectivity index (χ1n) is 8.76. The minimum atomic E-state index is 0.266. The molecule has 0 spiro atoms. The van der Waals surface area contributed by atoms with Crippen LogP contribution in [0.15, 0.2) is 65.3 Å². The number of allylic oxidation sites excluding steroid dienone is 2. The minimum Gasteiger partial charge on any atom is -0.496 e. The number of benzene rings is 1. The van der Waals surface area contributed by atoms with Gasteiger partial charge in [-0.15, -0.1) is 6.58 Å². The van der Waals surface area contributed by atoms with Crippen LogP contribution in [0.3, 0.4) is 0 Å². The Balaban J connectivity index is 1.60. The molecule has 28 heavy (non-hydrogen) atoms. The van der Waals surface area contributed by atoms with Crippen LogP contribution in [0.1, 0.15) is 11.1 Å². The van der Waals surface area contributed by atoms with Gasteiger partial charge in [-0.1, -0.05) is 53.9 Å². The zero-order valence-electron chi connectivity index (χ0n) is 15.5. The second kappa shape index (κ2) is 10.5. The molecular formula is C20H22N4OS3. The Kier molecular flexibility index (Phi) is 7.76. The van der Waals surface area contributed by atoms with Crippen LogP contribution >= 0.6 is 35.7 Å². The molecule has 1 aromatic carbocycles. The second-order valence-electron chi connectivity index (χ2n) is 5.97. The van der Waals surface area contributed by atoms with Gasteiger partial charge in [-0.3, -0.25) is 10.4 Å². The van der Waals surface area contributed by atoms with Gasteiger partial charge in [0.2, 0.25) is 0 Å². The standard InChI is InChI=1S/C20H22N4OS3/c1-3-10-21-19(26)24-22-12-14-8-9-17(25-2)15(11-14)13-27-20-23-16-6-4-5-7-18(16)28-20/h3-9,11-12,16,18H,1,10,13H2,2H3,(H2,21,24,26)/b22-12-/t16-,18-/m1/s1. The highest BCUT2D eigenvalue weighted by molar-refractivity contribution is 8.39. The van der Waals surface area contributed by atoms with E-state index in [0.717, 1.165) is 27.0 Å². The molecule has 146 valence electrons. The van der Waals surface area contributed by atoms with Crippen molar-refractivity contribution in [1.29, 1.82) is 0 Å². The molecule has 1 aliphatic carbocycles. The lowest BCUT2D eigenvalue weighted by molar-refractivity contribution is 0.411. The lowest BCUT2D eigenvalue weighted by Gasteiger charge is -2.11. The lowest BCUT2D eigenvalue weighted by Crippen LogP contribution is -2.31. The van der Waals surface area contributed by atoms with Crippen molar-refractivity contribution >= 4 is 51.4 Å². The predicted octanol–water partition coefficient (Wildman–Crippen LogP) is 3.88. The number of nitrogens with zero attached hydrogens (tertiary/aromatic N) is 2. The molecule has 0 fully saturated rings. The van der Waals surface area contributed by atoms with Gasteiger partial charge >= 0.3 is 0 Å². The zero-order valence-corrected chi connectivity index (χ0v) is 17.9. The van der Waals surface area contributed by atoms with Crippen molar-refractivity contribution in [3.63, 3.8) is 0 Å². The maximum Gasteiger partial charge on any atom is 0.187 e. The highest BCUT2D eigenvalue weighted by atomic mass is 32.2. The number of ether oxygens (including phenoxy) is 1. The quantitative estimate of drug-likeness (QED) is 0.296. The fourth-order valence-corrected chi connectivity index (χ4v) is 5.14. The smallest absolute Gasteiger partial charge is 0.187 e. The monoisotopic (exact) mass is 430 g/mol. The number of hydrogen-bond acceptors (Lipinski definition) is 6. The summed E-state index contributed by atoms with van der Waals surface area (Å²) >= 11 is 8.68. The van der Waals surface area contributed by atoms with Crippen molar-refractivity contribution in [2.75, 3.05) is 13.7 Å². The van der Waals surface area contributed by atoms with Gasteiger partial charge < -0.3 is 10.1 Å². The van der Waals surface area contributed by atoms with E-state index >= 15 is 0 Å². The summed E-state index contributed by atoms with van der Waals surface area (Å²) in [6.45, 7) is 4.23. The van der Waals surface area contributed by atoms with E-state index in [9.17, 15) is 0 Å². The van der Waals surface area contributed by atoms with Crippen LogP contribution in [0, 0.1) is 0 Å². The summed E-state index contributed by atoms with van der Waals surface area (Å²) in [5, 5.41) is 8.02. The van der Waals surface area contributed by atoms with Crippen LogP contribution in [-0.2, 0) is 5.75 Å². The van der Waals surface area contributed by atoms with E-state index in [1.165, 1.54) is 0 Å². The van der Waals surface area contributed by atoms with Crippen LogP contribution in [0.2, 0.25) is 0 Å². The van der Waals surface area contributed by atoms with E-state index < -0.39 is 0 Å². The lowest BCUT2D eigenvalue weighted by atomic mass is 10.1. The van der Waals surface area contributed by atoms with E-state index in [1.54, 1.807) is 31.2 Å². The predicted molar refractivity (Wildman–Crippen MR) is 127 cm³/mol. The maximum atomic E-state index is 5.51. The molecule has 2 aliphatic rings. The molecule has 2 atom stereocenters. The Morgan fingerprint density at radius 3 is 3.07 bits per heavy atom. The molecule has 5 nitrogen and oxygen atoms in total. The fraction of sp³-hybridized carbons (Fsp3) is 0.250. The number of rotatable bonds is 7. The number of hydrogen-bond donors (Lipinski definition) is 2. The van der Waals surface area contributed by atoms with E-state index in [0.29, 0.717) is 16.9 Å². The normalized spacial score (nSPS) is 20.0. The molecule has 0 amide bonds. The van der Waals surface area contributed by atoms with Crippen LogP contribution in [-0.4, -0.2) is 40.6 Å². The molecule has 1 aliphatic heterocycles. The summed E-state index contributed by atoms with van der Waals surface area (Å²) in [5.74, 6) is 1.65. The van der Waals surface area contributed by atoms with Gasteiger partial charge in [-0.05, 0) is 36.0 Å². The summed E-state index contributed by atoms with van der Waals surface area (Å²) in [4.78, 5) is 4.80. The molecule has 2 N–H and O–H groups in total. The summed E-state index contributed by atoms with van der Waals surface area (Å²) in [6, 6.07) is 6.26. The van der Waals surface area contributed by atoms with E-state index in [-0.39, 0.29) is 6.04 Å². The van der Waals surface area contributed by atoms with Crippen molar-refractivity contribution in [2.24, 2.45) is 10.1 Å². The number of aliphatic imine (C=N–C) groups is 1. The highest BCUT2D eigenvalue weighted by Crippen LogP contribution is 2.37. The molecule has 0 unspecified atom stereocenters. The summed E-state index contributed by atoms with van der Waals surface area (Å²) in [6.07, 6.45) is 12.0. The molecule has 0 saturated carbocycles. The van der Waals surface area contributed by atoms with Gasteiger partial charge in [-0.2, -0.15) is 5.10 Å². The fourth-order valence-electron chi connectivity index (χ4n) is 2.64. The van der Waals surface area contributed by atoms with Gasteiger partial charge in [0, 0.05) is 17.9 Å². The first-order chi connectivity index (χ1) is 13.7. The van der Waals surface area contributed by atoms with Crippen molar-refractivity contribution in [2.45, 2.75) is 17.0 Å². The number of fused-ring (bicyclic) bond motifs is 1. The first-order valence-corrected chi connectivity index (χ1v) is 11.0. The summed E-state index contributed by atoms with van der Waals surface area (Å²) < 4.78 is 6.63. The molecule has 3 rings (SSSR count). The second-order valence-corrected chi connectivity index (χ2v) is 8.76. The Morgan fingerprint density at radius 2 is 2.29 bits per heavy atom. The first kappa shape index (κ1) is 20.7. The van der Waals surface area contributed by atoms with Gasteiger partial charge in [-0.25, -0.2) is 0 Å². The average molecular weight is 431 g/mol. The Hall–Kier alpha value is -2.03. The molecule has 8 heteroatoms. The summed E-state index contributed by atoms with van der Waals surface area (Å²) in [5.41, 5.74) is 4.86. The molecule has 0 saturated heterocycles. The van der Waals surface area contributed by atoms with Crippen LogP contribution in [0.4, 0.5) is 0 Å². The summed E-state index contributed by atoms with van der Waals surface area (Å²) in [7, 11) is 1.69. The SMILES string of the molecule is C=CCNC(=S)N/N=C\c1ccc(OC)c(CSC2=N[C@@H]3C=CC=C[C@H]3S2)c1. The average Bonchev–Trinajstić information content (AvgIpc) is 3.14. The van der Waals surface area contributed by atoms with Gasteiger partial charge in [0.15, 0.2) is 5.11 Å². The number of thioether (sulfide) groups is 2. The third-order valence-electron chi connectivity index (χ3n) is 3.99. The van der Waals surface area contributed by atoms with Crippen LogP contribution in [0.5, 0.6) is 5.75 Å². The van der Waals surface area contributed by atoms with E-state index in [1.807, 2.05) is 23.9 Å². The highest BCUT2D eigenvalue weighted by Gasteiger charge is 2.27. The molecule has 1 heterocycles. The van der Waals surface area contributed by atoms with Gasteiger partial charge in [0.25, 0.3) is 0 Å². The topological polar surface area (TPSA) is 58.0 Å². The third kappa shape index (κ3) is 5.73. The minimum absolute atomic E-state index is 0.266. The molecular weight excluding hydrogens is 408 g/mol. The van der Waals surface area contributed by atoms with E-state index in [2.05, 4.69) is 52.8 Å². The number of methoxy groups -OCH3 is 1. The van der Waals surface area contributed by atoms with Crippen molar-refractivity contribution in [1.82, 2.24) is 10.7 Å². The van der Waals surface area contributed by atoms with Crippen LogP contribution in [0.25, 0.3) is 0 Å². The van der Waals surface area contributed by atoms with Gasteiger partial charge in [0.05, 0.1) is 24.6 Å². The largest absolute Gasteiger partial charge is 0.496 e. The molecule has 0 radical (unpaired) electrons. The van der Waals surface area contributed by atoms with Crippen LogP contribution < -0.4 is 15.5 Å². The number of nitrogens with one attached hydrogen (secondary N) is 2. The molecule has 1 aromatic rings. The van der Waals surface area contributed by atoms with Crippen molar-refractivity contribution in [3.05, 3.63) is 66.3 Å². The Labute approximate surface area is 179 Å². The van der Waals surface area contributed by atoms with Crippen molar-refractivity contribution in [3.8, 4) is 5.75 Å². The number of thiocarbonyl (C=S) groups is 1. The van der Waals surface area contributed by atoms with Crippen molar-refractivity contribution < 1.29 is 4.74 Å².